The normalized spacial score (nSPS) is 10.0. The third kappa shape index (κ3) is 4.20. The van der Waals surface area contributed by atoms with Crippen LogP contribution in [0.2, 0.25) is 0 Å². The van der Waals surface area contributed by atoms with Gasteiger partial charge in [0.25, 0.3) is 0 Å². The van der Waals surface area contributed by atoms with Crippen molar-refractivity contribution >= 4 is 17.4 Å². The molecular weight excluding hydrogens is 254 g/mol. The van der Waals surface area contributed by atoms with Crippen molar-refractivity contribution in [2.75, 3.05) is 17.6 Å². The first-order valence-corrected chi connectivity index (χ1v) is 6.32. The topological polar surface area (TPSA) is 87.4 Å². The van der Waals surface area contributed by atoms with E-state index in [1.165, 1.54) is 0 Å². The Labute approximate surface area is 117 Å². The molecule has 0 saturated carbocycles. The summed E-state index contributed by atoms with van der Waals surface area (Å²) in [6, 6.07) is 13.6. The van der Waals surface area contributed by atoms with Crippen molar-refractivity contribution < 1.29 is 9.90 Å². The molecule has 20 heavy (non-hydrogen) atoms. The molecule has 0 unspecified atom stereocenters. The Kier molecular flexibility index (Phi) is 4.44. The van der Waals surface area contributed by atoms with E-state index in [2.05, 4.69) is 10.6 Å². The van der Waals surface area contributed by atoms with Crippen molar-refractivity contribution in [3.8, 4) is 5.75 Å². The molecule has 0 fully saturated rings. The monoisotopic (exact) mass is 271 g/mol. The van der Waals surface area contributed by atoms with Gasteiger partial charge in [-0.05, 0) is 48.4 Å². The van der Waals surface area contributed by atoms with Crippen LogP contribution < -0.4 is 16.4 Å². The molecule has 5 N–H and O–H groups in total. The van der Waals surface area contributed by atoms with Gasteiger partial charge in [-0.1, -0.05) is 12.1 Å². The number of phenols is 1. The number of nitrogens with two attached hydrogens (primary N) is 1. The van der Waals surface area contributed by atoms with Gasteiger partial charge in [-0.3, -0.25) is 0 Å². The SMILES string of the molecule is Nc1ccc(NC(=O)NCCc2ccc(O)cc2)cc1. The van der Waals surface area contributed by atoms with Gasteiger partial charge in [0.05, 0.1) is 0 Å². The molecule has 0 aliphatic heterocycles. The van der Waals surface area contributed by atoms with E-state index in [4.69, 9.17) is 10.8 Å². The van der Waals surface area contributed by atoms with Crippen molar-refractivity contribution in [2.24, 2.45) is 0 Å². The van der Waals surface area contributed by atoms with Gasteiger partial charge in [0.15, 0.2) is 0 Å². The van der Waals surface area contributed by atoms with Crippen LogP contribution in [0.15, 0.2) is 48.5 Å². The molecule has 0 radical (unpaired) electrons. The third-order valence-corrected chi connectivity index (χ3v) is 2.80. The molecule has 0 saturated heterocycles. The molecule has 2 rings (SSSR count). The number of aromatic hydroxyl groups is 1. The Morgan fingerprint density at radius 1 is 1.05 bits per heavy atom. The number of phenolic OH excluding ortho intramolecular Hbond substituents is 1. The van der Waals surface area contributed by atoms with Crippen LogP contribution in [0.25, 0.3) is 0 Å². The summed E-state index contributed by atoms with van der Waals surface area (Å²) in [5.41, 5.74) is 7.97. The maximum atomic E-state index is 11.6. The molecule has 2 aromatic carbocycles. The average molecular weight is 271 g/mol. The van der Waals surface area contributed by atoms with Gasteiger partial charge < -0.3 is 21.5 Å². The molecule has 104 valence electrons. The number of anilines is 2. The maximum absolute atomic E-state index is 11.6. The lowest BCUT2D eigenvalue weighted by atomic mass is 10.1. The first-order chi connectivity index (χ1) is 9.63. The number of amides is 2. The first kappa shape index (κ1) is 13.7. The van der Waals surface area contributed by atoms with E-state index >= 15 is 0 Å². The van der Waals surface area contributed by atoms with Crippen molar-refractivity contribution in [3.63, 3.8) is 0 Å². The van der Waals surface area contributed by atoms with Crippen LogP contribution in [0.5, 0.6) is 5.75 Å². The summed E-state index contributed by atoms with van der Waals surface area (Å²) in [4.78, 5) is 11.6. The fraction of sp³-hybridized carbons (Fsp3) is 0.133. The molecule has 5 heteroatoms. The lowest BCUT2D eigenvalue weighted by Crippen LogP contribution is -2.30. The molecule has 2 aromatic rings. The minimum Gasteiger partial charge on any atom is -0.508 e. The lowest BCUT2D eigenvalue weighted by molar-refractivity contribution is 0.252. The molecular formula is C15H17N3O2. The first-order valence-electron chi connectivity index (χ1n) is 6.32. The van der Waals surface area contributed by atoms with Crippen LogP contribution in [-0.2, 0) is 6.42 Å². The van der Waals surface area contributed by atoms with E-state index in [0.717, 1.165) is 5.56 Å². The second-order valence-electron chi connectivity index (χ2n) is 4.42. The Morgan fingerprint density at radius 3 is 2.35 bits per heavy atom. The van der Waals surface area contributed by atoms with Gasteiger partial charge in [0.1, 0.15) is 5.75 Å². The van der Waals surface area contributed by atoms with Gasteiger partial charge >= 0.3 is 6.03 Å². The second kappa shape index (κ2) is 6.47. The number of rotatable bonds is 4. The predicted octanol–water partition coefficient (Wildman–Crippen LogP) is 2.34. The highest BCUT2D eigenvalue weighted by Gasteiger charge is 2.01. The zero-order valence-electron chi connectivity index (χ0n) is 11.0. The fourth-order valence-electron chi connectivity index (χ4n) is 1.72. The fourth-order valence-corrected chi connectivity index (χ4v) is 1.72. The van der Waals surface area contributed by atoms with Crippen LogP contribution in [0.4, 0.5) is 16.2 Å². The van der Waals surface area contributed by atoms with E-state index in [0.29, 0.717) is 24.3 Å². The molecule has 0 spiro atoms. The highest BCUT2D eigenvalue weighted by Crippen LogP contribution is 2.11. The third-order valence-electron chi connectivity index (χ3n) is 2.80. The van der Waals surface area contributed by atoms with Crippen LogP contribution in [0, 0.1) is 0 Å². The smallest absolute Gasteiger partial charge is 0.319 e. The minimum atomic E-state index is -0.256. The number of hydrogen-bond donors (Lipinski definition) is 4. The number of urea groups is 1. The van der Waals surface area contributed by atoms with Crippen molar-refractivity contribution in [3.05, 3.63) is 54.1 Å². The van der Waals surface area contributed by atoms with Gasteiger partial charge in [-0.15, -0.1) is 0 Å². The zero-order chi connectivity index (χ0) is 14.4. The maximum Gasteiger partial charge on any atom is 0.319 e. The summed E-state index contributed by atoms with van der Waals surface area (Å²) in [6.07, 6.45) is 0.704. The number of benzene rings is 2. The summed E-state index contributed by atoms with van der Waals surface area (Å²) in [5, 5.41) is 14.6. The van der Waals surface area contributed by atoms with E-state index in [1.54, 1.807) is 36.4 Å². The molecule has 0 atom stereocenters. The van der Waals surface area contributed by atoms with Gasteiger partial charge in [0, 0.05) is 17.9 Å². The quantitative estimate of drug-likeness (QED) is 0.644. The number of nitrogen functional groups attached to an aromatic ring is 1. The van der Waals surface area contributed by atoms with Crippen molar-refractivity contribution in [1.29, 1.82) is 0 Å². The Balaban J connectivity index is 1.75. The van der Waals surface area contributed by atoms with Crippen molar-refractivity contribution in [2.45, 2.75) is 6.42 Å². The molecule has 0 aliphatic rings. The molecule has 0 aromatic heterocycles. The number of carbonyl (C=O) groups excluding carboxylic acids is 1. The number of nitrogens with one attached hydrogen (secondary N) is 2. The largest absolute Gasteiger partial charge is 0.508 e. The minimum absolute atomic E-state index is 0.239. The summed E-state index contributed by atoms with van der Waals surface area (Å²) >= 11 is 0. The Bertz CT molecular complexity index is 565. The number of hydrogen-bond acceptors (Lipinski definition) is 3. The molecule has 0 aliphatic carbocycles. The summed E-state index contributed by atoms with van der Waals surface area (Å²) < 4.78 is 0. The summed E-state index contributed by atoms with van der Waals surface area (Å²) in [5.74, 6) is 0.239. The molecule has 2 amide bonds. The average Bonchev–Trinajstić information content (AvgIpc) is 2.44. The molecule has 0 bridgehead atoms. The van der Waals surface area contributed by atoms with Crippen LogP contribution in [0.3, 0.4) is 0 Å². The van der Waals surface area contributed by atoms with Crippen molar-refractivity contribution in [1.82, 2.24) is 5.32 Å². The highest BCUT2D eigenvalue weighted by molar-refractivity contribution is 5.89. The van der Waals surface area contributed by atoms with Crippen LogP contribution in [-0.4, -0.2) is 17.7 Å². The zero-order valence-corrected chi connectivity index (χ0v) is 11.0. The van der Waals surface area contributed by atoms with Crippen LogP contribution in [0.1, 0.15) is 5.56 Å². The Morgan fingerprint density at radius 2 is 1.70 bits per heavy atom. The highest BCUT2D eigenvalue weighted by atomic mass is 16.3. The Hall–Kier alpha value is -2.69. The summed E-state index contributed by atoms with van der Waals surface area (Å²) in [7, 11) is 0. The van der Waals surface area contributed by atoms with Gasteiger partial charge in [-0.2, -0.15) is 0 Å². The van der Waals surface area contributed by atoms with Gasteiger partial charge in [-0.25, -0.2) is 4.79 Å². The summed E-state index contributed by atoms with van der Waals surface area (Å²) in [6.45, 7) is 0.519. The van der Waals surface area contributed by atoms with Gasteiger partial charge in [0.2, 0.25) is 0 Å². The number of carbonyl (C=O) groups is 1. The van der Waals surface area contributed by atoms with E-state index in [1.807, 2.05) is 12.1 Å². The lowest BCUT2D eigenvalue weighted by Gasteiger charge is -2.08. The second-order valence-corrected chi connectivity index (χ2v) is 4.42. The van der Waals surface area contributed by atoms with Crippen LogP contribution >= 0.6 is 0 Å². The van der Waals surface area contributed by atoms with E-state index < -0.39 is 0 Å². The molecule has 0 heterocycles. The van der Waals surface area contributed by atoms with E-state index in [9.17, 15) is 4.79 Å². The predicted molar refractivity (Wildman–Crippen MR) is 79.7 cm³/mol. The standard InChI is InChI=1S/C15H17N3O2/c16-12-3-5-13(6-4-12)18-15(20)17-10-9-11-1-7-14(19)8-2-11/h1-8,19H,9-10,16H2,(H2,17,18,20). The molecule has 5 nitrogen and oxygen atoms in total. The van der Waals surface area contributed by atoms with E-state index in [-0.39, 0.29) is 11.8 Å².